The number of carbonyl (C=O) groups excluding carboxylic acids is 2. The standard InChI is InChI=1S/C23H27N5O2/c1-16-13-19(17-4-5-17)15-25-22(16)26-9-11-27(12-10-26)23(30)18-6-7-20(24-14-18)28-8-2-3-21(28)29/h6-7,13-15,17H,2-5,8-12H2,1H3. The van der Waals surface area contributed by atoms with Gasteiger partial charge in [-0.3, -0.25) is 14.5 Å². The molecule has 156 valence electrons. The SMILES string of the molecule is Cc1cc(C2CC2)cnc1N1CCN(C(=O)c2ccc(N3CCCC3=O)nc2)CC1. The van der Waals surface area contributed by atoms with Crippen molar-refractivity contribution in [2.24, 2.45) is 0 Å². The Bertz CT molecular complexity index is 962. The van der Waals surface area contributed by atoms with E-state index in [1.54, 1.807) is 23.2 Å². The Morgan fingerprint density at radius 2 is 1.83 bits per heavy atom. The highest BCUT2D eigenvalue weighted by Gasteiger charge is 2.27. The lowest BCUT2D eigenvalue weighted by Gasteiger charge is -2.36. The Morgan fingerprint density at radius 1 is 1.03 bits per heavy atom. The molecule has 3 aliphatic rings. The van der Waals surface area contributed by atoms with E-state index in [-0.39, 0.29) is 11.8 Å². The number of carbonyl (C=O) groups is 2. The second-order valence-electron chi connectivity index (χ2n) is 8.52. The van der Waals surface area contributed by atoms with Crippen molar-refractivity contribution in [1.82, 2.24) is 14.9 Å². The number of amides is 2. The van der Waals surface area contributed by atoms with Gasteiger partial charge >= 0.3 is 0 Å². The molecule has 2 aromatic heterocycles. The van der Waals surface area contributed by atoms with Gasteiger partial charge in [-0.2, -0.15) is 0 Å². The third kappa shape index (κ3) is 3.64. The number of piperazine rings is 1. The average Bonchev–Trinajstić information content (AvgIpc) is 3.54. The first-order valence-corrected chi connectivity index (χ1v) is 10.9. The number of hydrogen-bond acceptors (Lipinski definition) is 5. The summed E-state index contributed by atoms with van der Waals surface area (Å²) in [4.78, 5) is 39.7. The van der Waals surface area contributed by atoms with Crippen molar-refractivity contribution in [1.29, 1.82) is 0 Å². The summed E-state index contributed by atoms with van der Waals surface area (Å²) in [6.07, 6.45) is 7.62. The third-order valence-electron chi connectivity index (χ3n) is 6.33. The molecule has 30 heavy (non-hydrogen) atoms. The molecule has 0 atom stereocenters. The van der Waals surface area contributed by atoms with Crippen LogP contribution in [0.15, 0.2) is 30.6 Å². The highest BCUT2D eigenvalue weighted by atomic mass is 16.2. The van der Waals surface area contributed by atoms with Gasteiger partial charge in [0, 0.05) is 51.5 Å². The summed E-state index contributed by atoms with van der Waals surface area (Å²) in [5.41, 5.74) is 3.15. The Hall–Kier alpha value is -2.96. The van der Waals surface area contributed by atoms with Crippen molar-refractivity contribution in [3.8, 4) is 0 Å². The fourth-order valence-corrected chi connectivity index (χ4v) is 4.43. The van der Waals surface area contributed by atoms with Crippen LogP contribution in [0.1, 0.15) is 53.1 Å². The minimum absolute atomic E-state index is 0.00443. The van der Waals surface area contributed by atoms with Crippen LogP contribution in [0.2, 0.25) is 0 Å². The monoisotopic (exact) mass is 405 g/mol. The summed E-state index contributed by atoms with van der Waals surface area (Å²) < 4.78 is 0. The highest BCUT2D eigenvalue weighted by molar-refractivity contribution is 5.96. The van der Waals surface area contributed by atoms with Crippen LogP contribution in [0.3, 0.4) is 0 Å². The molecule has 0 unspecified atom stereocenters. The van der Waals surface area contributed by atoms with Crippen LogP contribution < -0.4 is 9.80 Å². The summed E-state index contributed by atoms with van der Waals surface area (Å²) in [6, 6.07) is 5.84. The number of rotatable bonds is 4. The highest BCUT2D eigenvalue weighted by Crippen LogP contribution is 2.40. The average molecular weight is 406 g/mol. The maximum absolute atomic E-state index is 12.9. The van der Waals surface area contributed by atoms with Gasteiger partial charge < -0.3 is 9.80 Å². The molecule has 7 heteroatoms. The lowest BCUT2D eigenvalue weighted by atomic mass is 10.1. The second kappa shape index (κ2) is 7.70. The summed E-state index contributed by atoms with van der Waals surface area (Å²) in [7, 11) is 0. The zero-order valence-electron chi connectivity index (χ0n) is 17.4. The number of aromatic nitrogens is 2. The largest absolute Gasteiger partial charge is 0.353 e. The van der Waals surface area contributed by atoms with Crippen LogP contribution in [0.4, 0.5) is 11.6 Å². The van der Waals surface area contributed by atoms with Gasteiger partial charge in [0.15, 0.2) is 0 Å². The van der Waals surface area contributed by atoms with E-state index >= 15 is 0 Å². The normalized spacial score (nSPS) is 19.5. The van der Waals surface area contributed by atoms with Gasteiger partial charge in [-0.15, -0.1) is 0 Å². The van der Waals surface area contributed by atoms with E-state index < -0.39 is 0 Å². The van der Waals surface area contributed by atoms with Crippen LogP contribution in [0.25, 0.3) is 0 Å². The van der Waals surface area contributed by atoms with Crippen molar-refractivity contribution in [2.45, 2.75) is 38.5 Å². The molecule has 5 rings (SSSR count). The third-order valence-corrected chi connectivity index (χ3v) is 6.33. The van der Waals surface area contributed by atoms with E-state index in [2.05, 4.69) is 22.9 Å². The topological polar surface area (TPSA) is 69.6 Å². The smallest absolute Gasteiger partial charge is 0.255 e. The van der Waals surface area contributed by atoms with E-state index in [4.69, 9.17) is 4.98 Å². The van der Waals surface area contributed by atoms with Gasteiger partial charge in [-0.05, 0) is 55.4 Å². The first-order valence-electron chi connectivity index (χ1n) is 10.9. The molecule has 0 spiro atoms. The zero-order chi connectivity index (χ0) is 20.7. The van der Waals surface area contributed by atoms with Gasteiger partial charge in [0.05, 0.1) is 5.56 Å². The van der Waals surface area contributed by atoms with Gasteiger partial charge in [0.1, 0.15) is 11.6 Å². The molecule has 2 aliphatic heterocycles. The van der Waals surface area contributed by atoms with Gasteiger partial charge in [0.25, 0.3) is 5.91 Å². The second-order valence-corrected chi connectivity index (χ2v) is 8.52. The molecule has 4 heterocycles. The molecule has 0 radical (unpaired) electrons. The van der Waals surface area contributed by atoms with Gasteiger partial charge in [-0.25, -0.2) is 9.97 Å². The molecule has 7 nitrogen and oxygen atoms in total. The minimum atomic E-state index is -0.00443. The van der Waals surface area contributed by atoms with Crippen molar-refractivity contribution < 1.29 is 9.59 Å². The lowest BCUT2D eigenvalue weighted by molar-refractivity contribution is -0.117. The van der Waals surface area contributed by atoms with Crippen LogP contribution >= 0.6 is 0 Å². The number of pyridine rings is 2. The lowest BCUT2D eigenvalue weighted by Crippen LogP contribution is -2.49. The van der Waals surface area contributed by atoms with Crippen LogP contribution in [-0.4, -0.2) is 59.4 Å². The maximum Gasteiger partial charge on any atom is 0.255 e. The van der Waals surface area contributed by atoms with Gasteiger partial charge in [-0.1, -0.05) is 6.07 Å². The Kier molecular flexibility index (Phi) is 4.89. The molecular formula is C23H27N5O2. The van der Waals surface area contributed by atoms with Crippen molar-refractivity contribution in [3.05, 3.63) is 47.3 Å². The van der Waals surface area contributed by atoms with Crippen molar-refractivity contribution >= 4 is 23.5 Å². The Balaban J connectivity index is 1.21. The molecule has 0 bridgehead atoms. The van der Waals surface area contributed by atoms with E-state index in [0.717, 1.165) is 25.3 Å². The predicted molar refractivity (Wildman–Crippen MR) is 115 cm³/mol. The Labute approximate surface area is 176 Å². The molecule has 1 saturated carbocycles. The van der Waals surface area contributed by atoms with E-state index in [1.807, 2.05) is 11.1 Å². The zero-order valence-corrected chi connectivity index (χ0v) is 17.4. The van der Waals surface area contributed by atoms with Crippen LogP contribution in [-0.2, 0) is 4.79 Å². The molecule has 0 N–H and O–H groups in total. The van der Waals surface area contributed by atoms with Crippen LogP contribution in [0, 0.1) is 6.92 Å². The minimum Gasteiger partial charge on any atom is -0.353 e. The summed E-state index contributed by atoms with van der Waals surface area (Å²) in [6.45, 7) is 5.71. The van der Waals surface area contributed by atoms with Gasteiger partial charge in [0.2, 0.25) is 5.91 Å². The molecule has 3 fully saturated rings. The molecule has 2 saturated heterocycles. The quantitative estimate of drug-likeness (QED) is 0.782. The summed E-state index contributed by atoms with van der Waals surface area (Å²) in [5.74, 6) is 2.48. The summed E-state index contributed by atoms with van der Waals surface area (Å²) >= 11 is 0. The fourth-order valence-electron chi connectivity index (χ4n) is 4.43. The number of nitrogens with zero attached hydrogens (tertiary/aromatic N) is 5. The van der Waals surface area contributed by atoms with E-state index in [1.165, 1.54) is 24.0 Å². The molecule has 2 aromatic rings. The number of anilines is 2. The van der Waals surface area contributed by atoms with E-state index in [9.17, 15) is 9.59 Å². The molecule has 1 aliphatic carbocycles. The predicted octanol–water partition coefficient (Wildman–Crippen LogP) is 2.75. The van der Waals surface area contributed by atoms with E-state index in [0.29, 0.717) is 43.4 Å². The van der Waals surface area contributed by atoms with Crippen LogP contribution in [0.5, 0.6) is 0 Å². The number of hydrogen-bond donors (Lipinski definition) is 0. The first-order chi connectivity index (χ1) is 14.6. The number of aryl methyl sites for hydroxylation is 1. The first kappa shape index (κ1) is 19.0. The molecule has 2 amide bonds. The molecule has 0 aromatic carbocycles. The fraction of sp³-hybridized carbons (Fsp3) is 0.478. The maximum atomic E-state index is 12.9. The molecular weight excluding hydrogens is 378 g/mol. The van der Waals surface area contributed by atoms with Crippen molar-refractivity contribution in [3.63, 3.8) is 0 Å². The van der Waals surface area contributed by atoms with Crippen molar-refractivity contribution in [2.75, 3.05) is 42.5 Å². The summed E-state index contributed by atoms with van der Waals surface area (Å²) in [5, 5.41) is 0. The Morgan fingerprint density at radius 3 is 2.43 bits per heavy atom.